The smallest absolute Gasteiger partial charge is 0.299 e. The van der Waals surface area contributed by atoms with Crippen LogP contribution in [0.2, 0.25) is 0 Å². The van der Waals surface area contributed by atoms with E-state index in [1.54, 1.807) is 11.0 Å². The zero-order valence-electron chi connectivity index (χ0n) is 12.7. The van der Waals surface area contributed by atoms with E-state index in [0.717, 1.165) is 21.1 Å². The van der Waals surface area contributed by atoms with Crippen molar-refractivity contribution in [2.24, 2.45) is 11.3 Å². The van der Waals surface area contributed by atoms with Gasteiger partial charge in [-0.2, -0.15) is 0 Å². The monoisotopic (exact) mass is 415 g/mol. The number of nitrogens with zero attached hydrogens (tertiary/aromatic N) is 1. The molecular weight excluding hydrogens is 398 g/mol. The molecule has 1 aliphatic rings. The molecule has 0 aliphatic carbocycles. The summed E-state index contributed by atoms with van der Waals surface area (Å²) in [6.45, 7) is 8.93. The van der Waals surface area contributed by atoms with Gasteiger partial charge in [-0.1, -0.05) is 52.6 Å². The fraction of sp³-hybridized carbons (Fsp3) is 0.500. The molecule has 21 heavy (non-hydrogen) atoms. The van der Waals surface area contributed by atoms with E-state index in [0.29, 0.717) is 12.1 Å². The number of hydrogen-bond acceptors (Lipinski definition) is 2. The summed E-state index contributed by atoms with van der Waals surface area (Å²) in [6, 6.07) is 3.68. The molecule has 0 saturated heterocycles. The Hall–Kier alpha value is -0.680. The number of fused-ring (bicyclic) bond motifs is 1. The van der Waals surface area contributed by atoms with Gasteiger partial charge in [-0.3, -0.25) is 9.59 Å². The van der Waals surface area contributed by atoms with Gasteiger partial charge in [-0.15, -0.1) is 0 Å². The van der Waals surface area contributed by atoms with Crippen molar-refractivity contribution < 1.29 is 9.59 Å². The van der Waals surface area contributed by atoms with E-state index in [1.807, 2.05) is 13.0 Å². The molecule has 1 aromatic rings. The van der Waals surface area contributed by atoms with E-state index in [4.69, 9.17) is 0 Å². The van der Waals surface area contributed by atoms with Gasteiger partial charge < -0.3 is 4.90 Å². The van der Waals surface area contributed by atoms with Gasteiger partial charge in [-0.05, 0) is 36.0 Å². The van der Waals surface area contributed by atoms with Crippen LogP contribution in [0.25, 0.3) is 0 Å². The first-order chi connectivity index (χ1) is 9.66. The van der Waals surface area contributed by atoms with Gasteiger partial charge in [0.25, 0.3) is 11.7 Å². The average molecular weight is 417 g/mol. The number of rotatable bonds is 3. The van der Waals surface area contributed by atoms with Crippen LogP contribution in [0, 0.1) is 18.3 Å². The molecule has 0 saturated carbocycles. The Morgan fingerprint density at radius 2 is 1.86 bits per heavy atom. The number of Topliss-reactive ketones (excluding diaryl/α,β-unsaturated/α-hetero) is 1. The molecule has 0 aromatic heterocycles. The van der Waals surface area contributed by atoms with Crippen LogP contribution in [-0.4, -0.2) is 23.6 Å². The number of aryl methyl sites for hydroxylation is 1. The average Bonchev–Trinajstić information content (AvgIpc) is 2.59. The minimum atomic E-state index is -0.415. The molecule has 0 N–H and O–H groups in total. The Labute approximate surface area is 142 Å². The van der Waals surface area contributed by atoms with Crippen LogP contribution in [0.15, 0.2) is 16.6 Å². The van der Waals surface area contributed by atoms with Crippen LogP contribution in [0.3, 0.4) is 0 Å². The van der Waals surface area contributed by atoms with Crippen LogP contribution in [0.5, 0.6) is 0 Å². The minimum absolute atomic E-state index is 0.0544. The highest BCUT2D eigenvalue weighted by molar-refractivity contribution is 9.10. The summed E-state index contributed by atoms with van der Waals surface area (Å²) in [7, 11) is 0. The van der Waals surface area contributed by atoms with Gasteiger partial charge >= 0.3 is 0 Å². The molecule has 5 heteroatoms. The van der Waals surface area contributed by atoms with Gasteiger partial charge in [0, 0.05) is 16.3 Å². The number of halogens is 2. The molecule has 3 nitrogen and oxygen atoms in total. The van der Waals surface area contributed by atoms with Gasteiger partial charge in [0.05, 0.1) is 11.3 Å². The molecule has 0 bridgehead atoms. The lowest BCUT2D eigenvalue weighted by Gasteiger charge is -2.33. The van der Waals surface area contributed by atoms with Gasteiger partial charge in [0.2, 0.25) is 0 Å². The van der Waals surface area contributed by atoms with E-state index >= 15 is 0 Å². The molecule has 1 aliphatic heterocycles. The number of benzene rings is 1. The standard InChI is InChI=1S/C16H19Br2NO2/c1-9-5-11(18)6-12-13(9)19(15(21)14(12)20)8-10(7-17)16(2,3)4/h5-6,10H,7-8H2,1-4H3. The maximum Gasteiger partial charge on any atom is 0.299 e. The number of amides is 1. The largest absolute Gasteiger partial charge is 0.304 e. The zero-order valence-corrected chi connectivity index (χ0v) is 15.8. The number of alkyl halides is 1. The van der Waals surface area contributed by atoms with Crippen LogP contribution in [-0.2, 0) is 4.79 Å². The molecule has 1 amide bonds. The molecule has 1 aromatic carbocycles. The van der Waals surface area contributed by atoms with Crippen LogP contribution in [0.4, 0.5) is 5.69 Å². The van der Waals surface area contributed by atoms with Gasteiger partial charge in [0.1, 0.15) is 0 Å². The van der Waals surface area contributed by atoms with Crippen molar-refractivity contribution >= 4 is 49.2 Å². The second-order valence-corrected chi connectivity index (χ2v) is 8.14. The van der Waals surface area contributed by atoms with Gasteiger partial charge in [0.15, 0.2) is 0 Å². The zero-order chi connectivity index (χ0) is 15.9. The first-order valence-corrected chi connectivity index (χ1v) is 8.80. The van der Waals surface area contributed by atoms with Crippen molar-refractivity contribution in [2.45, 2.75) is 27.7 Å². The van der Waals surface area contributed by atoms with Crippen molar-refractivity contribution in [1.82, 2.24) is 0 Å². The first kappa shape index (κ1) is 16.7. The third kappa shape index (κ3) is 3.09. The van der Waals surface area contributed by atoms with Crippen LogP contribution in [0.1, 0.15) is 36.7 Å². The molecular formula is C16H19Br2NO2. The minimum Gasteiger partial charge on any atom is -0.304 e. The molecule has 0 spiro atoms. The van der Waals surface area contributed by atoms with Crippen molar-refractivity contribution in [3.8, 4) is 0 Å². The van der Waals surface area contributed by atoms with Crippen molar-refractivity contribution in [2.75, 3.05) is 16.8 Å². The maximum absolute atomic E-state index is 12.3. The summed E-state index contributed by atoms with van der Waals surface area (Å²) in [5.41, 5.74) is 2.28. The second kappa shape index (κ2) is 5.84. The van der Waals surface area contributed by atoms with Crippen LogP contribution < -0.4 is 4.90 Å². The number of carbonyl (C=O) groups excluding carboxylic acids is 2. The molecule has 1 heterocycles. The molecule has 1 unspecified atom stereocenters. The van der Waals surface area contributed by atoms with E-state index in [-0.39, 0.29) is 11.3 Å². The highest BCUT2D eigenvalue weighted by atomic mass is 79.9. The summed E-state index contributed by atoms with van der Waals surface area (Å²) >= 11 is 6.92. The third-order valence-corrected chi connectivity index (χ3v) is 5.27. The SMILES string of the molecule is Cc1cc(Br)cc2c1N(CC(CBr)C(C)(C)C)C(=O)C2=O. The number of anilines is 1. The second-order valence-electron chi connectivity index (χ2n) is 6.58. The maximum atomic E-state index is 12.3. The quantitative estimate of drug-likeness (QED) is 0.542. The fourth-order valence-corrected chi connectivity index (χ4v) is 4.30. The molecule has 114 valence electrons. The summed E-state index contributed by atoms with van der Waals surface area (Å²) in [5, 5.41) is 0.791. The van der Waals surface area contributed by atoms with Crippen molar-refractivity contribution in [3.05, 3.63) is 27.7 Å². The first-order valence-electron chi connectivity index (χ1n) is 6.89. The van der Waals surface area contributed by atoms with E-state index < -0.39 is 11.7 Å². The van der Waals surface area contributed by atoms with Crippen LogP contribution >= 0.6 is 31.9 Å². The predicted octanol–water partition coefficient (Wildman–Crippen LogP) is 4.34. The van der Waals surface area contributed by atoms with Gasteiger partial charge in [-0.25, -0.2) is 0 Å². The van der Waals surface area contributed by atoms with E-state index in [2.05, 4.69) is 52.6 Å². The summed E-state index contributed by atoms with van der Waals surface area (Å²) in [5.74, 6) is -0.554. The summed E-state index contributed by atoms with van der Waals surface area (Å²) in [6.07, 6.45) is 0. The Bertz CT molecular complexity index is 605. The molecule has 0 fully saturated rings. The topological polar surface area (TPSA) is 37.4 Å². The Kier molecular flexibility index (Phi) is 4.64. The van der Waals surface area contributed by atoms with Crippen molar-refractivity contribution in [3.63, 3.8) is 0 Å². The highest BCUT2D eigenvalue weighted by Crippen LogP contribution is 2.37. The summed E-state index contributed by atoms with van der Waals surface area (Å²) < 4.78 is 0.828. The molecule has 1 atom stereocenters. The Balaban J connectivity index is 2.44. The lowest BCUT2D eigenvalue weighted by atomic mass is 9.81. The molecule has 2 rings (SSSR count). The van der Waals surface area contributed by atoms with E-state index in [1.165, 1.54) is 0 Å². The number of ketones is 1. The normalized spacial score (nSPS) is 16.4. The lowest BCUT2D eigenvalue weighted by molar-refractivity contribution is -0.114. The Morgan fingerprint density at radius 3 is 2.38 bits per heavy atom. The number of hydrogen-bond donors (Lipinski definition) is 0. The fourth-order valence-electron chi connectivity index (χ4n) is 2.55. The summed E-state index contributed by atoms with van der Waals surface area (Å²) in [4.78, 5) is 26.2. The van der Waals surface area contributed by atoms with Crippen molar-refractivity contribution in [1.29, 1.82) is 0 Å². The third-order valence-electron chi connectivity index (χ3n) is 4.03. The predicted molar refractivity (Wildman–Crippen MR) is 92.3 cm³/mol. The van der Waals surface area contributed by atoms with E-state index in [9.17, 15) is 9.59 Å². The lowest BCUT2D eigenvalue weighted by Crippen LogP contribution is -2.39. The Morgan fingerprint density at radius 1 is 1.24 bits per heavy atom. The highest BCUT2D eigenvalue weighted by Gasteiger charge is 2.39. The number of carbonyl (C=O) groups is 2. The molecule has 0 radical (unpaired) electrons.